The standard InChI is InChI=1S/C15H20N2O2/c1-18-13-8-6-12(7-9-13)17-15(11-16)10-4-3-5-14(15)19-2/h6-9,14,17H,3-5,10H2,1-2H3. The van der Waals surface area contributed by atoms with Crippen LogP contribution in [0.25, 0.3) is 0 Å². The molecule has 0 heterocycles. The Hall–Kier alpha value is -1.73. The van der Waals surface area contributed by atoms with Gasteiger partial charge in [0.15, 0.2) is 5.54 Å². The highest BCUT2D eigenvalue weighted by Crippen LogP contribution is 2.33. The Morgan fingerprint density at radius 2 is 2.00 bits per heavy atom. The van der Waals surface area contributed by atoms with Crippen molar-refractivity contribution in [3.05, 3.63) is 24.3 Å². The van der Waals surface area contributed by atoms with Gasteiger partial charge < -0.3 is 14.8 Å². The highest BCUT2D eigenvalue weighted by atomic mass is 16.5. The monoisotopic (exact) mass is 260 g/mol. The van der Waals surface area contributed by atoms with Crippen LogP contribution < -0.4 is 10.1 Å². The van der Waals surface area contributed by atoms with Crippen molar-refractivity contribution in [1.82, 2.24) is 0 Å². The van der Waals surface area contributed by atoms with Crippen LogP contribution in [-0.4, -0.2) is 25.9 Å². The average Bonchev–Trinajstić information content (AvgIpc) is 2.48. The number of hydrogen-bond acceptors (Lipinski definition) is 4. The summed E-state index contributed by atoms with van der Waals surface area (Å²) in [5.41, 5.74) is 0.299. The molecule has 1 aliphatic carbocycles. The minimum Gasteiger partial charge on any atom is -0.497 e. The minimum absolute atomic E-state index is 0.0617. The number of nitrogens with zero attached hydrogens (tertiary/aromatic N) is 1. The van der Waals surface area contributed by atoms with Gasteiger partial charge in [0.05, 0.1) is 19.3 Å². The lowest BCUT2D eigenvalue weighted by Gasteiger charge is -2.39. The molecule has 0 aromatic heterocycles. The molecule has 2 unspecified atom stereocenters. The second-order valence-electron chi connectivity index (χ2n) is 4.91. The van der Waals surface area contributed by atoms with E-state index in [0.29, 0.717) is 0 Å². The van der Waals surface area contributed by atoms with E-state index in [4.69, 9.17) is 9.47 Å². The van der Waals surface area contributed by atoms with E-state index in [2.05, 4.69) is 11.4 Å². The molecular weight excluding hydrogens is 240 g/mol. The fraction of sp³-hybridized carbons (Fsp3) is 0.533. The molecule has 19 heavy (non-hydrogen) atoms. The minimum atomic E-state index is -0.623. The zero-order valence-electron chi connectivity index (χ0n) is 11.5. The second kappa shape index (κ2) is 5.94. The van der Waals surface area contributed by atoms with Gasteiger partial charge in [-0.3, -0.25) is 0 Å². The third kappa shape index (κ3) is 2.82. The number of ether oxygens (including phenoxy) is 2. The molecule has 0 saturated heterocycles. The van der Waals surface area contributed by atoms with Crippen LogP contribution in [0.4, 0.5) is 5.69 Å². The van der Waals surface area contributed by atoms with E-state index < -0.39 is 5.54 Å². The summed E-state index contributed by atoms with van der Waals surface area (Å²) in [6.07, 6.45) is 3.85. The van der Waals surface area contributed by atoms with Crippen LogP contribution in [-0.2, 0) is 4.74 Å². The fourth-order valence-electron chi connectivity index (χ4n) is 2.69. The quantitative estimate of drug-likeness (QED) is 0.904. The average molecular weight is 260 g/mol. The first-order chi connectivity index (χ1) is 9.24. The van der Waals surface area contributed by atoms with Crippen molar-refractivity contribution in [2.75, 3.05) is 19.5 Å². The van der Waals surface area contributed by atoms with Gasteiger partial charge in [-0.1, -0.05) is 6.42 Å². The lowest BCUT2D eigenvalue weighted by molar-refractivity contribution is 0.0370. The van der Waals surface area contributed by atoms with Gasteiger partial charge in [-0.05, 0) is 43.5 Å². The zero-order valence-corrected chi connectivity index (χ0v) is 11.5. The summed E-state index contributed by atoms with van der Waals surface area (Å²) in [4.78, 5) is 0. The van der Waals surface area contributed by atoms with Gasteiger partial charge in [0.1, 0.15) is 5.75 Å². The van der Waals surface area contributed by atoms with Gasteiger partial charge in [0, 0.05) is 12.8 Å². The van der Waals surface area contributed by atoms with Crippen LogP contribution in [0.1, 0.15) is 25.7 Å². The molecule has 1 saturated carbocycles. The molecule has 0 aliphatic heterocycles. The highest BCUT2D eigenvalue weighted by molar-refractivity contribution is 5.51. The first-order valence-electron chi connectivity index (χ1n) is 6.60. The Morgan fingerprint density at radius 1 is 1.26 bits per heavy atom. The number of rotatable bonds is 4. The summed E-state index contributed by atoms with van der Waals surface area (Å²) in [5, 5.41) is 12.9. The molecule has 0 spiro atoms. The van der Waals surface area contributed by atoms with E-state index in [9.17, 15) is 5.26 Å². The predicted octanol–water partition coefficient (Wildman–Crippen LogP) is 2.96. The lowest BCUT2D eigenvalue weighted by Crippen LogP contribution is -2.51. The summed E-state index contributed by atoms with van der Waals surface area (Å²) in [7, 11) is 3.32. The molecule has 0 bridgehead atoms. The molecular formula is C15H20N2O2. The van der Waals surface area contributed by atoms with Crippen LogP contribution in [0, 0.1) is 11.3 Å². The van der Waals surface area contributed by atoms with Crippen molar-refractivity contribution < 1.29 is 9.47 Å². The Balaban J connectivity index is 2.19. The third-order valence-electron chi connectivity index (χ3n) is 3.78. The van der Waals surface area contributed by atoms with Gasteiger partial charge in [0.25, 0.3) is 0 Å². The summed E-state index contributed by atoms with van der Waals surface area (Å²) < 4.78 is 10.6. The van der Waals surface area contributed by atoms with Crippen LogP contribution in [0.15, 0.2) is 24.3 Å². The van der Waals surface area contributed by atoms with Crippen molar-refractivity contribution >= 4 is 5.69 Å². The summed E-state index contributed by atoms with van der Waals surface area (Å²) in [6.45, 7) is 0. The van der Waals surface area contributed by atoms with Crippen molar-refractivity contribution in [1.29, 1.82) is 5.26 Å². The van der Waals surface area contributed by atoms with Crippen molar-refractivity contribution in [3.8, 4) is 11.8 Å². The maximum absolute atomic E-state index is 9.59. The molecule has 0 radical (unpaired) electrons. The number of benzene rings is 1. The van der Waals surface area contributed by atoms with Crippen LogP contribution in [0.2, 0.25) is 0 Å². The first-order valence-corrected chi connectivity index (χ1v) is 6.60. The van der Waals surface area contributed by atoms with Crippen molar-refractivity contribution in [2.45, 2.75) is 37.3 Å². The number of nitrogens with one attached hydrogen (secondary N) is 1. The van der Waals surface area contributed by atoms with Gasteiger partial charge in [0.2, 0.25) is 0 Å². The van der Waals surface area contributed by atoms with E-state index >= 15 is 0 Å². The van der Waals surface area contributed by atoms with Gasteiger partial charge in [-0.2, -0.15) is 5.26 Å². The number of nitriles is 1. The van der Waals surface area contributed by atoms with Crippen LogP contribution in [0.5, 0.6) is 5.75 Å². The third-order valence-corrected chi connectivity index (χ3v) is 3.78. The molecule has 0 amide bonds. The van der Waals surface area contributed by atoms with Crippen LogP contribution >= 0.6 is 0 Å². The first kappa shape index (κ1) is 13.7. The molecule has 2 rings (SSSR count). The molecule has 1 fully saturated rings. The second-order valence-corrected chi connectivity index (χ2v) is 4.91. The van der Waals surface area contributed by atoms with E-state index in [0.717, 1.165) is 37.1 Å². The van der Waals surface area contributed by atoms with E-state index in [-0.39, 0.29) is 6.10 Å². The Kier molecular flexibility index (Phi) is 4.28. The van der Waals surface area contributed by atoms with Gasteiger partial charge >= 0.3 is 0 Å². The van der Waals surface area contributed by atoms with E-state index in [1.54, 1.807) is 14.2 Å². The maximum atomic E-state index is 9.59. The van der Waals surface area contributed by atoms with Gasteiger partial charge in [-0.15, -0.1) is 0 Å². The molecule has 1 aromatic carbocycles. The zero-order chi connectivity index (χ0) is 13.7. The van der Waals surface area contributed by atoms with Crippen molar-refractivity contribution in [2.24, 2.45) is 0 Å². The fourth-order valence-corrected chi connectivity index (χ4v) is 2.69. The number of hydrogen-bond donors (Lipinski definition) is 1. The summed E-state index contributed by atoms with van der Waals surface area (Å²) in [6, 6.07) is 10.1. The molecule has 1 aliphatic rings. The molecule has 1 aromatic rings. The molecule has 4 nitrogen and oxygen atoms in total. The Bertz CT molecular complexity index is 452. The largest absolute Gasteiger partial charge is 0.497 e. The normalized spacial score (nSPS) is 26.5. The Labute approximate surface area is 114 Å². The van der Waals surface area contributed by atoms with Crippen LogP contribution in [0.3, 0.4) is 0 Å². The molecule has 4 heteroatoms. The SMILES string of the molecule is COc1ccc(NC2(C#N)CCCCC2OC)cc1. The number of methoxy groups -OCH3 is 2. The predicted molar refractivity (Wildman–Crippen MR) is 74.2 cm³/mol. The smallest absolute Gasteiger partial charge is 0.151 e. The van der Waals surface area contributed by atoms with Crippen molar-refractivity contribution in [3.63, 3.8) is 0 Å². The molecule has 2 atom stereocenters. The van der Waals surface area contributed by atoms with E-state index in [1.807, 2.05) is 24.3 Å². The maximum Gasteiger partial charge on any atom is 0.151 e. The Morgan fingerprint density at radius 3 is 2.58 bits per heavy atom. The lowest BCUT2D eigenvalue weighted by atomic mass is 9.80. The van der Waals surface area contributed by atoms with Gasteiger partial charge in [-0.25, -0.2) is 0 Å². The molecule has 1 N–H and O–H groups in total. The molecule has 102 valence electrons. The number of anilines is 1. The topological polar surface area (TPSA) is 54.3 Å². The summed E-state index contributed by atoms with van der Waals surface area (Å²) in [5.74, 6) is 0.809. The van der Waals surface area contributed by atoms with E-state index in [1.165, 1.54) is 0 Å². The highest BCUT2D eigenvalue weighted by Gasteiger charge is 2.41. The summed E-state index contributed by atoms with van der Waals surface area (Å²) >= 11 is 0.